The van der Waals surface area contributed by atoms with Crippen LogP contribution in [0, 0.1) is 6.92 Å². The lowest BCUT2D eigenvalue weighted by molar-refractivity contribution is -0.119. The molecule has 0 aliphatic heterocycles. The van der Waals surface area contributed by atoms with Gasteiger partial charge in [-0.15, -0.1) is 0 Å². The van der Waals surface area contributed by atoms with Gasteiger partial charge in [0.05, 0.1) is 28.4 Å². The van der Waals surface area contributed by atoms with E-state index in [1.54, 1.807) is 54.6 Å². The third kappa shape index (κ3) is 6.34. The number of amides is 1. The van der Waals surface area contributed by atoms with Crippen LogP contribution in [0.25, 0.3) is 0 Å². The molecule has 0 unspecified atom stereocenters. The molecule has 1 N–H and O–H groups in total. The van der Waals surface area contributed by atoms with Gasteiger partial charge in [-0.25, -0.2) is 13.8 Å². The van der Waals surface area contributed by atoms with Crippen molar-refractivity contribution < 1.29 is 17.9 Å². The highest BCUT2D eigenvalue weighted by Gasteiger charge is 2.28. The molecule has 10 heteroatoms. The first kappa shape index (κ1) is 24.8. The van der Waals surface area contributed by atoms with Crippen LogP contribution in [-0.4, -0.2) is 34.2 Å². The van der Waals surface area contributed by atoms with Crippen molar-refractivity contribution in [2.75, 3.05) is 18.0 Å². The van der Waals surface area contributed by atoms with Crippen LogP contribution in [0.2, 0.25) is 5.02 Å². The van der Waals surface area contributed by atoms with Gasteiger partial charge >= 0.3 is 0 Å². The second kappa shape index (κ2) is 10.8. The molecule has 0 aromatic heterocycles. The van der Waals surface area contributed by atoms with E-state index in [0.717, 1.165) is 15.4 Å². The van der Waals surface area contributed by atoms with E-state index in [2.05, 4.69) is 26.5 Å². The highest BCUT2D eigenvalue weighted by Crippen LogP contribution is 2.30. The fourth-order valence-corrected chi connectivity index (χ4v) is 5.12. The lowest BCUT2D eigenvalue weighted by Gasteiger charge is -2.24. The Labute approximate surface area is 206 Å². The maximum atomic E-state index is 13.5. The Balaban J connectivity index is 1.86. The van der Waals surface area contributed by atoms with Gasteiger partial charge in [-0.3, -0.25) is 9.10 Å². The van der Waals surface area contributed by atoms with Crippen LogP contribution in [0.4, 0.5) is 5.69 Å². The molecule has 3 aromatic carbocycles. The first-order chi connectivity index (χ1) is 15.7. The number of nitrogens with zero attached hydrogens (tertiary/aromatic N) is 2. The van der Waals surface area contributed by atoms with Crippen molar-refractivity contribution in [1.29, 1.82) is 0 Å². The monoisotopic (exact) mass is 549 g/mol. The zero-order valence-corrected chi connectivity index (χ0v) is 21.0. The smallest absolute Gasteiger partial charge is 0.264 e. The van der Waals surface area contributed by atoms with E-state index in [9.17, 15) is 13.2 Å². The number of aryl methyl sites for hydroxylation is 1. The number of benzene rings is 3. The van der Waals surface area contributed by atoms with E-state index in [1.807, 2.05) is 6.92 Å². The van der Waals surface area contributed by atoms with Gasteiger partial charge in [-0.05, 0) is 70.9 Å². The molecule has 0 saturated heterocycles. The van der Waals surface area contributed by atoms with Crippen molar-refractivity contribution in [1.82, 2.24) is 5.43 Å². The molecular formula is C23H21BrClN3O4S. The molecule has 0 spiro atoms. The largest absolute Gasteiger partial charge is 0.496 e. The van der Waals surface area contributed by atoms with Crippen molar-refractivity contribution in [3.8, 4) is 5.75 Å². The standard InChI is InChI=1S/C23H21BrClN3O4S/c1-16-3-9-19(10-4-16)28(33(30,31)20-11-12-22(32-2)21(24)13-20)15-23(29)27-26-14-17-5-7-18(25)8-6-17/h3-14H,15H2,1-2H3,(H,27,29)/b26-14+. The number of carbonyl (C=O) groups is 1. The second-order valence-corrected chi connectivity index (χ2v) is 10.1. The predicted molar refractivity (Wildman–Crippen MR) is 134 cm³/mol. The fraction of sp³-hybridized carbons (Fsp3) is 0.130. The van der Waals surface area contributed by atoms with Gasteiger partial charge in [0.1, 0.15) is 12.3 Å². The first-order valence-corrected chi connectivity index (χ1v) is 12.3. The molecule has 172 valence electrons. The van der Waals surface area contributed by atoms with E-state index in [0.29, 0.717) is 20.9 Å². The van der Waals surface area contributed by atoms with Crippen molar-refractivity contribution >= 4 is 55.4 Å². The molecular weight excluding hydrogens is 530 g/mol. The average molecular weight is 551 g/mol. The molecule has 0 aliphatic carbocycles. The number of sulfonamides is 1. The topological polar surface area (TPSA) is 88.1 Å². The number of ether oxygens (including phenoxy) is 1. The minimum Gasteiger partial charge on any atom is -0.496 e. The van der Waals surface area contributed by atoms with Gasteiger partial charge < -0.3 is 4.74 Å². The number of hydrazone groups is 1. The van der Waals surface area contributed by atoms with E-state index < -0.39 is 22.5 Å². The minimum absolute atomic E-state index is 0.00761. The summed E-state index contributed by atoms with van der Waals surface area (Å²) in [6, 6.07) is 18.1. The maximum absolute atomic E-state index is 13.5. The zero-order chi connectivity index (χ0) is 24.0. The van der Waals surface area contributed by atoms with Crippen LogP contribution in [0.5, 0.6) is 5.75 Å². The molecule has 0 atom stereocenters. The van der Waals surface area contributed by atoms with Gasteiger partial charge in [0.2, 0.25) is 0 Å². The average Bonchev–Trinajstić information content (AvgIpc) is 2.79. The summed E-state index contributed by atoms with van der Waals surface area (Å²) in [6.45, 7) is 1.42. The quantitative estimate of drug-likeness (QED) is 0.323. The van der Waals surface area contributed by atoms with Crippen molar-refractivity contribution in [3.05, 3.63) is 87.4 Å². The van der Waals surface area contributed by atoms with Gasteiger partial charge in [0, 0.05) is 5.02 Å². The molecule has 0 radical (unpaired) electrons. The van der Waals surface area contributed by atoms with Gasteiger partial charge in [-0.2, -0.15) is 5.10 Å². The number of halogens is 2. The van der Waals surface area contributed by atoms with Crippen molar-refractivity contribution in [2.24, 2.45) is 5.10 Å². The van der Waals surface area contributed by atoms with Gasteiger partial charge in [-0.1, -0.05) is 41.4 Å². The number of hydrogen-bond acceptors (Lipinski definition) is 5. The Morgan fingerprint density at radius 1 is 1.12 bits per heavy atom. The van der Waals surface area contributed by atoms with Crippen LogP contribution in [0.15, 0.2) is 81.2 Å². The summed E-state index contributed by atoms with van der Waals surface area (Å²) >= 11 is 9.17. The molecule has 3 rings (SSSR count). The number of anilines is 1. The Morgan fingerprint density at radius 2 is 1.79 bits per heavy atom. The minimum atomic E-state index is -4.07. The SMILES string of the molecule is COc1ccc(S(=O)(=O)N(CC(=O)N/N=C/c2ccc(Cl)cc2)c2ccc(C)cc2)cc1Br. The number of hydrogen-bond donors (Lipinski definition) is 1. The van der Waals surface area contributed by atoms with Crippen molar-refractivity contribution in [3.63, 3.8) is 0 Å². The van der Waals surface area contributed by atoms with E-state index in [4.69, 9.17) is 16.3 Å². The van der Waals surface area contributed by atoms with Gasteiger partial charge in [0.15, 0.2) is 0 Å². The summed E-state index contributed by atoms with van der Waals surface area (Å²) in [5.74, 6) is -0.109. The molecule has 1 amide bonds. The summed E-state index contributed by atoms with van der Waals surface area (Å²) in [4.78, 5) is 12.6. The highest BCUT2D eigenvalue weighted by atomic mass is 79.9. The Kier molecular flexibility index (Phi) is 8.12. The Morgan fingerprint density at radius 3 is 2.39 bits per heavy atom. The van der Waals surface area contributed by atoms with E-state index in [1.165, 1.54) is 25.5 Å². The maximum Gasteiger partial charge on any atom is 0.264 e. The van der Waals surface area contributed by atoms with E-state index in [-0.39, 0.29) is 4.90 Å². The number of methoxy groups -OCH3 is 1. The molecule has 3 aromatic rings. The normalized spacial score (nSPS) is 11.4. The lowest BCUT2D eigenvalue weighted by Crippen LogP contribution is -2.39. The lowest BCUT2D eigenvalue weighted by atomic mass is 10.2. The molecule has 0 aliphatic rings. The van der Waals surface area contributed by atoms with Gasteiger partial charge in [0.25, 0.3) is 15.9 Å². The van der Waals surface area contributed by atoms with Crippen LogP contribution in [0.1, 0.15) is 11.1 Å². The third-order valence-corrected chi connectivity index (χ3v) is 7.23. The molecule has 0 saturated carbocycles. The second-order valence-electron chi connectivity index (χ2n) is 6.99. The zero-order valence-electron chi connectivity index (χ0n) is 17.8. The number of carbonyl (C=O) groups excluding carboxylic acids is 1. The van der Waals surface area contributed by atoms with Crippen LogP contribution < -0.4 is 14.5 Å². The number of rotatable bonds is 8. The molecule has 0 bridgehead atoms. The predicted octanol–water partition coefficient (Wildman–Crippen LogP) is 4.77. The summed E-state index contributed by atoms with van der Waals surface area (Å²) in [5.41, 5.74) is 4.41. The van der Waals surface area contributed by atoms with Crippen LogP contribution >= 0.6 is 27.5 Å². The Hall–Kier alpha value is -2.88. The summed E-state index contributed by atoms with van der Waals surface area (Å²) < 4.78 is 33.6. The summed E-state index contributed by atoms with van der Waals surface area (Å²) in [6.07, 6.45) is 1.44. The highest BCUT2D eigenvalue weighted by molar-refractivity contribution is 9.10. The molecule has 33 heavy (non-hydrogen) atoms. The number of nitrogens with one attached hydrogen (secondary N) is 1. The molecule has 0 fully saturated rings. The summed E-state index contributed by atoms with van der Waals surface area (Å²) in [5, 5.41) is 4.49. The first-order valence-electron chi connectivity index (χ1n) is 9.71. The molecule has 0 heterocycles. The Bertz CT molecular complexity index is 1260. The molecule has 7 nitrogen and oxygen atoms in total. The van der Waals surface area contributed by atoms with E-state index >= 15 is 0 Å². The van der Waals surface area contributed by atoms with Crippen molar-refractivity contribution in [2.45, 2.75) is 11.8 Å². The van der Waals surface area contributed by atoms with Crippen LogP contribution in [-0.2, 0) is 14.8 Å². The van der Waals surface area contributed by atoms with Crippen LogP contribution in [0.3, 0.4) is 0 Å². The fourth-order valence-electron chi connectivity index (χ4n) is 2.85. The summed E-state index contributed by atoms with van der Waals surface area (Å²) in [7, 11) is -2.58. The third-order valence-electron chi connectivity index (χ3n) is 4.59.